The van der Waals surface area contributed by atoms with Crippen LogP contribution in [0.4, 0.5) is 0 Å². The molecule has 5 heteroatoms. The first-order chi connectivity index (χ1) is 6.26. The Labute approximate surface area is 81.9 Å². The minimum absolute atomic E-state index is 0.00547. The lowest BCUT2D eigenvalue weighted by Crippen LogP contribution is -2.23. The molecule has 1 amide bonds. The predicted octanol–water partition coefficient (Wildman–Crippen LogP) is 0.758. The van der Waals surface area contributed by atoms with Crippen molar-refractivity contribution in [2.24, 2.45) is 0 Å². The molecule has 0 atom stereocenters. The molecule has 1 rings (SSSR count). The van der Waals surface area contributed by atoms with Gasteiger partial charge in [-0.05, 0) is 13.0 Å². The maximum Gasteiger partial charge on any atom is 0.235 e. The highest BCUT2D eigenvalue weighted by Gasteiger charge is 2.00. The summed E-state index contributed by atoms with van der Waals surface area (Å²) in [7, 11) is 0. The molecule has 0 radical (unpaired) electrons. The van der Waals surface area contributed by atoms with Crippen LogP contribution < -0.4 is 5.32 Å². The second-order valence-electron chi connectivity index (χ2n) is 2.57. The van der Waals surface area contributed by atoms with Crippen molar-refractivity contribution >= 4 is 17.5 Å². The van der Waals surface area contributed by atoms with E-state index in [-0.39, 0.29) is 11.8 Å². The Balaban J connectivity index is 2.41. The van der Waals surface area contributed by atoms with Crippen LogP contribution in [-0.2, 0) is 17.9 Å². The summed E-state index contributed by atoms with van der Waals surface area (Å²) in [6.07, 6.45) is 1.88. The van der Waals surface area contributed by atoms with E-state index in [0.717, 1.165) is 12.2 Å². The molecule has 0 unspecified atom stereocenters. The van der Waals surface area contributed by atoms with Crippen LogP contribution in [-0.4, -0.2) is 21.6 Å². The molecule has 0 saturated carbocycles. The van der Waals surface area contributed by atoms with Gasteiger partial charge in [0.1, 0.15) is 5.88 Å². The number of rotatable bonds is 4. The topological polar surface area (TPSA) is 46.9 Å². The first kappa shape index (κ1) is 10.1. The fraction of sp³-hybridized carbons (Fsp3) is 0.500. The van der Waals surface area contributed by atoms with Crippen molar-refractivity contribution < 1.29 is 4.79 Å². The molecule has 0 aliphatic heterocycles. The third kappa shape index (κ3) is 3.06. The smallest absolute Gasteiger partial charge is 0.235 e. The lowest BCUT2D eigenvalue weighted by Gasteiger charge is -1.98. The second kappa shape index (κ2) is 4.87. The molecular formula is C8H12ClN3O. The van der Waals surface area contributed by atoms with Gasteiger partial charge in [0.15, 0.2) is 0 Å². The van der Waals surface area contributed by atoms with Crippen molar-refractivity contribution in [1.82, 2.24) is 15.1 Å². The standard InChI is InChI=1S/C8H12ClN3O/c1-2-12-4-3-7(11-12)6-10-8(13)5-9/h3-4H,2,5-6H2,1H3,(H,10,13). The number of carbonyl (C=O) groups excluding carboxylic acids is 1. The molecule has 0 saturated heterocycles. The van der Waals surface area contributed by atoms with Gasteiger partial charge in [0, 0.05) is 12.7 Å². The molecule has 0 fully saturated rings. The van der Waals surface area contributed by atoms with E-state index in [2.05, 4.69) is 10.4 Å². The maximum atomic E-state index is 10.8. The molecule has 0 aliphatic rings. The average molecular weight is 202 g/mol. The number of aryl methyl sites for hydroxylation is 1. The molecule has 1 heterocycles. The van der Waals surface area contributed by atoms with Crippen LogP contribution in [0.15, 0.2) is 12.3 Å². The van der Waals surface area contributed by atoms with E-state index in [1.54, 1.807) is 0 Å². The predicted molar refractivity (Wildman–Crippen MR) is 50.5 cm³/mol. The summed E-state index contributed by atoms with van der Waals surface area (Å²) in [6, 6.07) is 1.87. The van der Waals surface area contributed by atoms with Crippen molar-refractivity contribution in [1.29, 1.82) is 0 Å². The van der Waals surface area contributed by atoms with Crippen LogP contribution in [0.2, 0.25) is 0 Å². The van der Waals surface area contributed by atoms with Crippen LogP contribution in [0.25, 0.3) is 0 Å². The number of amides is 1. The molecule has 1 aromatic heterocycles. The molecule has 1 aromatic rings. The monoisotopic (exact) mass is 201 g/mol. The van der Waals surface area contributed by atoms with Crippen molar-refractivity contribution in [3.05, 3.63) is 18.0 Å². The summed E-state index contributed by atoms with van der Waals surface area (Å²) >= 11 is 5.31. The number of nitrogens with one attached hydrogen (secondary N) is 1. The van der Waals surface area contributed by atoms with Gasteiger partial charge in [-0.1, -0.05) is 0 Å². The van der Waals surface area contributed by atoms with Gasteiger partial charge in [-0.15, -0.1) is 11.6 Å². The Morgan fingerprint density at radius 2 is 2.54 bits per heavy atom. The fourth-order valence-corrected chi connectivity index (χ4v) is 1.01. The van der Waals surface area contributed by atoms with Crippen LogP contribution in [0.1, 0.15) is 12.6 Å². The molecule has 0 bridgehead atoms. The van der Waals surface area contributed by atoms with Crippen LogP contribution in [0.3, 0.4) is 0 Å². The quantitative estimate of drug-likeness (QED) is 0.732. The lowest BCUT2D eigenvalue weighted by atomic mass is 10.4. The van der Waals surface area contributed by atoms with Gasteiger partial charge in [-0.2, -0.15) is 5.10 Å². The summed E-state index contributed by atoms with van der Waals surface area (Å²) in [5, 5.41) is 6.83. The summed E-state index contributed by atoms with van der Waals surface area (Å²) in [6.45, 7) is 3.29. The van der Waals surface area contributed by atoms with Gasteiger partial charge in [-0.3, -0.25) is 9.48 Å². The van der Waals surface area contributed by atoms with Crippen molar-refractivity contribution in [3.8, 4) is 0 Å². The highest BCUT2D eigenvalue weighted by Crippen LogP contribution is 1.94. The minimum atomic E-state index is -0.173. The average Bonchev–Trinajstić information content (AvgIpc) is 2.61. The lowest BCUT2D eigenvalue weighted by molar-refractivity contribution is -0.118. The van der Waals surface area contributed by atoms with Gasteiger partial charge in [-0.25, -0.2) is 0 Å². The highest BCUT2D eigenvalue weighted by molar-refractivity contribution is 6.27. The number of hydrogen-bond donors (Lipinski definition) is 1. The summed E-state index contributed by atoms with van der Waals surface area (Å²) in [5.74, 6) is -0.179. The Hall–Kier alpha value is -1.03. The van der Waals surface area contributed by atoms with E-state index in [9.17, 15) is 4.79 Å². The van der Waals surface area contributed by atoms with Gasteiger partial charge >= 0.3 is 0 Å². The van der Waals surface area contributed by atoms with Gasteiger partial charge in [0.2, 0.25) is 5.91 Å². The zero-order valence-corrected chi connectivity index (χ0v) is 8.21. The Morgan fingerprint density at radius 1 is 1.77 bits per heavy atom. The molecule has 0 spiro atoms. The van der Waals surface area contributed by atoms with Gasteiger partial charge in [0.05, 0.1) is 12.2 Å². The molecule has 4 nitrogen and oxygen atoms in total. The molecular weight excluding hydrogens is 190 g/mol. The fourth-order valence-electron chi connectivity index (χ4n) is 0.911. The SMILES string of the molecule is CCn1ccc(CNC(=O)CCl)n1. The highest BCUT2D eigenvalue weighted by atomic mass is 35.5. The number of nitrogens with zero attached hydrogens (tertiary/aromatic N) is 2. The molecule has 1 N–H and O–H groups in total. The number of alkyl halides is 1. The van der Waals surface area contributed by atoms with E-state index in [4.69, 9.17) is 11.6 Å². The van der Waals surface area contributed by atoms with Crippen molar-refractivity contribution in [2.75, 3.05) is 5.88 Å². The minimum Gasteiger partial charge on any atom is -0.349 e. The number of halogens is 1. The Morgan fingerprint density at radius 3 is 3.08 bits per heavy atom. The van der Waals surface area contributed by atoms with E-state index in [1.165, 1.54) is 0 Å². The molecule has 0 aromatic carbocycles. The number of carbonyl (C=O) groups is 1. The van der Waals surface area contributed by atoms with Gasteiger partial charge < -0.3 is 5.32 Å². The van der Waals surface area contributed by atoms with E-state index < -0.39 is 0 Å². The summed E-state index contributed by atoms with van der Waals surface area (Å²) in [5.41, 5.74) is 0.848. The Bertz CT molecular complexity index is 285. The number of aromatic nitrogens is 2. The van der Waals surface area contributed by atoms with Crippen molar-refractivity contribution in [3.63, 3.8) is 0 Å². The third-order valence-corrected chi connectivity index (χ3v) is 1.85. The van der Waals surface area contributed by atoms with E-state index >= 15 is 0 Å². The van der Waals surface area contributed by atoms with E-state index in [0.29, 0.717) is 6.54 Å². The normalized spacial score (nSPS) is 10.0. The van der Waals surface area contributed by atoms with Crippen molar-refractivity contribution in [2.45, 2.75) is 20.0 Å². The first-order valence-electron chi connectivity index (χ1n) is 4.11. The largest absolute Gasteiger partial charge is 0.349 e. The van der Waals surface area contributed by atoms with Gasteiger partial charge in [0.25, 0.3) is 0 Å². The summed E-state index contributed by atoms with van der Waals surface area (Å²) < 4.78 is 1.81. The maximum absolute atomic E-state index is 10.8. The van der Waals surface area contributed by atoms with Crippen LogP contribution in [0, 0.1) is 0 Å². The zero-order chi connectivity index (χ0) is 9.68. The molecule has 0 aliphatic carbocycles. The second-order valence-corrected chi connectivity index (χ2v) is 2.84. The third-order valence-electron chi connectivity index (χ3n) is 1.61. The Kier molecular flexibility index (Phi) is 3.76. The zero-order valence-electron chi connectivity index (χ0n) is 7.46. The summed E-state index contributed by atoms with van der Waals surface area (Å²) in [4.78, 5) is 10.8. The van der Waals surface area contributed by atoms with E-state index in [1.807, 2.05) is 23.9 Å². The van der Waals surface area contributed by atoms with Crippen LogP contribution >= 0.6 is 11.6 Å². The molecule has 13 heavy (non-hydrogen) atoms. The first-order valence-corrected chi connectivity index (χ1v) is 4.64. The number of hydrogen-bond acceptors (Lipinski definition) is 2. The van der Waals surface area contributed by atoms with Crippen LogP contribution in [0.5, 0.6) is 0 Å². The molecule has 72 valence electrons.